The van der Waals surface area contributed by atoms with E-state index in [1.54, 1.807) is 0 Å². The van der Waals surface area contributed by atoms with Crippen molar-refractivity contribution >= 4 is 12.4 Å². The first-order valence-electron chi connectivity index (χ1n) is 4.17. The molecular weight excluding hydrogens is 174 g/mol. The number of halogens is 1. The Morgan fingerprint density at radius 1 is 1.33 bits per heavy atom. The van der Waals surface area contributed by atoms with Crippen molar-refractivity contribution in [1.29, 1.82) is 0 Å². The number of hydrogen-bond acceptors (Lipinski definition) is 2. The number of aromatic amines is 1. The Morgan fingerprint density at radius 2 is 2.08 bits per heavy atom. The number of piperidine rings is 1. The number of nitrogens with one attached hydrogen (secondary N) is 2. The summed E-state index contributed by atoms with van der Waals surface area (Å²) in [7, 11) is 0. The number of H-pyrrole nitrogens is 1. The van der Waals surface area contributed by atoms with Gasteiger partial charge in [-0.3, -0.25) is 5.10 Å². The van der Waals surface area contributed by atoms with Crippen molar-refractivity contribution < 1.29 is 0 Å². The molecule has 1 aromatic heterocycles. The van der Waals surface area contributed by atoms with Crippen LogP contribution in [0.5, 0.6) is 0 Å². The quantitative estimate of drug-likeness (QED) is 0.696. The second-order valence-electron chi connectivity index (χ2n) is 3.02. The van der Waals surface area contributed by atoms with Gasteiger partial charge in [-0.05, 0) is 32.0 Å². The standard InChI is InChI=1S/C8H13N3.ClH/c1-4-9-5-2-7(1)8-3-6-10-11-8;/h3,6-7,9H,1-2,4-5H2,(H,10,11);1H. The van der Waals surface area contributed by atoms with E-state index >= 15 is 0 Å². The van der Waals surface area contributed by atoms with Crippen LogP contribution < -0.4 is 5.32 Å². The van der Waals surface area contributed by atoms with Crippen LogP contribution in [0.3, 0.4) is 0 Å². The molecule has 12 heavy (non-hydrogen) atoms. The van der Waals surface area contributed by atoms with Crippen molar-refractivity contribution in [2.45, 2.75) is 18.8 Å². The molecule has 1 aromatic rings. The maximum Gasteiger partial charge on any atom is 0.0653 e. The van der Waals surface area contributed by atoms with Crippen LogP contribution in [0.15, 0.2) is 12.3 Å². The van der Waals surface area contributed by atoms with E-state index in [4.69, 9.17) is 0 Å². The zero-order chi connectivity index (χ0) is 7.52. The van der Waals surface area contributed by atoms with Crippen molar-refractivity contribution in [1.82, 2.24) is 15.5 Å². The zero-order valence-corrected chi connectivity index (χ0v) is 7.73. The van der Waals surface area contributed by atoms with Gasteiger partial charge in [-0.1, -0.05) is 0 Å². The highest BCUT2D eigenvalue weighted by Crippen LogP contribution is 2.22. The first kappa shape index (κ1) is 9.55. The lowest BCUT2D eigenvalue weighted by Crippen LogP contribution is -2.26. The van der Waals surface area contributed by atoms with Crippen LogP contribution in [0.2, 0.25) is 0 Å². The van der Waals surface area contributed by atoms with Gasteiger partial charge in [-0.2, -0.15) is 5.10 Å². The molecule has 0 bridgehead atoms. The molecule has 1 aliphatic rings. The second-order valence-corrected chi connectivity index (χ2v) is 3.02. The van der Waals surface area contributed by atoms with Crippen molar-refractivity contribution in [2.75, 3.05) is 13.1 Å². The van der Waals surface area contributed by atoms with Gasteiger partial charge in [-0.25, -0.2) is 0 Å². The van der Waals surface area contributed by atoms with Crippen molar-refractivity contribution in [3.05, 3.63) is 18.0 Å². The van der Waals surface area contributed by atoms with Crippen molar-refractivity contribution in [3.8, 4) is 0 Å². The Labute approximate surface area is 78.4 Å². The Morgan fingerprint density at radius 3 is 2.67 bits per heavy atom. The predicted octanol–water partition coefficient (Wildman–Crippen LogP) is 1.30. The number of aromatic nitrogens is 2. The van der Waals surface area contributed by atoms with Gasteiger partial charge in [-0.15, -0.1) is 12.4 Å². The van der Waals surface area contributed by atoms with E-state index in [-0.39, 0.29) is 12.4 Å². The SMILES string of the molecule is Cl.c1cc(C2CCNCC2)n[nH]1. The maximum atomic E-state index is 4.19. The lowest BCUT2D eigenvalue weighted by atomic mass is 9.95. The van der Waals surface area contributed by atoms with E-state index < -0.39 is 0 Å². The summed E-state index contributed by atoms with van der Waals surface area (Å²) in [6.45, 7) is 2.27. The van der Waals surface area contributed by atoms with Crippen LogP contribution in [0, 0.1) is 0 Å². The molecule has 0 unspecified atom stereocenters. The Hall–Kier alpha value is -0.540. The molecule has 1 saturated heterocycles. The van der Waals surface area contributed by atoms with E-state index in [1.165, 1.54) is 18.5 Å². The van der Waals surface area contributed by atoms with Crippen LogP contribution >= 0.6 is 12.4 Å². The molecule has 0 aromatic carbocycles. The van der Waals surface area contributed by atoms with Crippen LogP contribution in [-0.2, 0) is 0 Å². The third-order valence-corrected chi connectivity index (χ3v) is 2.28. The van der Waals surface area contributed by atoms with Gasteiger partial charge in [0, 0.05) is 12.1 Å². The number of hydrogen-bond donors (Lipinski definition) is 2. The van der Waals surface area contributed by atoms with E-state index in [1.807, 2.05) is 6.20 Å². The number of nitrogens with zero attached hydrogens (tertiary/aromatic N) is 1. The van der Waals surface area contributed by atoms with E-state index in [0.717, 1.165) is 13.1 Å². The fraction of sp³-hybridized carbons (Fsp3) is 0.625. The summed E-state index contributed by atoms with van der Waals surface area (Å²) in [5.74, 6) is 0.683. The summed E-state index contributed by atoms with van der Waals surface area (Å²) >= 11 is 0. The lowest BCUT2D eigenvalue weighted by molar-refractivity contribution is 0.453. The number of rotatable bonds is 1. The molecule has 0 aliphatic carbocycles. The first-order chi connectivity index (χ1) is 5.47. The van der Waals surface area contributed by atoms with Crippen LogP contribution in [0.25, 0.3) is 0 Å². The molecule has 1 aliphatic heterocycles. The largest absolute Gasteiger partial charge is 0.317 e. The topological polar surface area (TPSA) is 40.7 Å². The molecule has 68 valence electrons. The predicted molar refractivity (Wildman–Crippen MR) is 50.7 cm³/mol. The highest BCUT2D eigenvalue weighted by Gasteiger charge is 2.15. The van der Waals surface area contributed by atoms with Gasteiger partial charge in [0.05, 0.1) is 5.69 Å². The van der Waals surface area contributed by atoms with Crippen LogP contribution in [0.1, 0.15) is 24.5 Å². The second kappa shape index (κ2) is 4.48. The third-order valence-electron chi connectivity index (χ3n) is 2.28. The monoisotopic (exact) mass is 187 g/mol. The minimum absolute atomic E-state index is 0. The fourth-order valence-corrected chi connectivity index (χ4v) is 1.62. The molecule has 0 saturated carbocycles. The summed E-state index contributed by atoms with van der Waals surface area (Å²) in [6.07, 6.45) is 4.35. The van der Waals surface area contributed by atoms with E-state index in [9.17, 15) is 0 Å². The third kappa shape index (κ3) is 1.99. The van der Waals surface area contributed by atoms with Gasteiger partial charge >= 0.3 is 0 Å². The minimum atomic E-state index is 0. The summed E-state index contributed by atoms with van der Waals surface area (Å²) in [6, 6.07) is 2.08. The lowest BCUT2D eigenvalue weighted by Gasteiger charge is -2.20. The summed E-state index contributed by atoms with van der Waals surface area (Å²) < 4.78 is 0. The van der Waals surface area contributed by atoms with E-state index in [0.29, 0.717) is 5.92 Å². The normalized spacial score (nSPS) is 18.7. The molecule has 2 rings (SSSR count). The highest BCUT2D eigenvalue weighted by atomic mass is 35.5. The van der Waals surface area contributed by atoms with Gasteiger partial charge < -0.3 is 5.32 Å². The van der Waals surface area contributed by atoms with E-state index in [2.05, 4.69) is 21.6 Å². The fourth-order valence-electron chi connectivity index (χ4n) is 1.62. The average molecular weight is 188 g/mol. The average Bonchev–Trinajstić information content (AvgIpc) is 2.58. The molecule has 4 heteroatoms. The van der Waals surface area contributed by atoms with Crippen molar-refractivity contribution in [2.24, 2.45) is 0 Å². The Bertz CT molecular complexity index is 204. The smallest absolute Gasteiger partial charge is 0.0653 e. The van der Waals surface area contributed by atoms with Gasteiger partial charge in [0.1, 0.15) is 0 Å². The molecule has 1 fully saturated rings. The van der Waals surface area contributed by atoms with Gasteiger partial charge in [0.25, 0.3) is 0 Å². The Balaban J connectivity index is 0.000000720. The first-order valence-corrected chi connectivity index (χ1v) is 4.17. The highest BCUT2D eigenvalue weighted by molar-refractivity contribution is 5.85. The molecule has 2 heterocycles. The molecule has 0 radical (unpaired) electrons. The van der Waals surface area contributed by atoms with Crippen LogP contribution in [0.4, 0.5) is 0 Å². The molecule has 0 spiro atoms. The van der Waals surface area contributed by atoms with Crippen LogP contribution in [-0.4, -0.2) is 23.3 Å². The molecule has 3 nitrogen and oxygen atoms in total. The molecule has 0 atom stereocenters. The molecular formula is C8H14ClN3. The summed E-state index contributed by atoms with van der Waals surface area (Å²) in [5, 5.41) is 10.4. The molecule has 2 N–H and O–H groups in total. The maximum absolute atomic E-state index is 4.19. The van der Waals surface area contributed by atoms with Crippen molar-refractivity contribution in [3.63, 3.8) is 0 Å². The van der Waals surface area contributed by atoms with Gasteiger partial charge in [0.15, 0.2) is 0 Å². The summed E-state index contributed by atoms with van der Waals surface area (Å²) in [5.41, 5.74) is 1.23. The Kier molecular flexibility index (Phi) is 3.56. The van der Waals surface area contributed by atoms with Gasteiger partial charge in [0.2, 0.25) is 0 Å². The summed E-state index contributed by atoms with van der Waals surface area (Å²) in [4.78, 5) is 0. The minimum Gasteiger partial charge on any atom is -0.317 e. The zero-order valence-electron chi connectivity index (χ0n) is 6.92. The molecule has 0 amide bonds.